The Morgan fingerprint density at radius 3 is 2.74 bits per heavy atom. The summed E-state index contributed by atoms with van der Waals surface area (Å²) in [7, 11) is 1.75. The molecule has 3 heteroatoms. The Morgan fingerprint density at radius 1 is 1.32 bits per heavy atom. The first-order valence-corrected chi connectivity index (χ1v) is 8.13. The van der Waals surface area contributed by atoms with Crippen LogP contribution in [0.1, 0.15) is 31.4 Å². The van der Waals surface area contributed by atoms with Crippen LogP contribution >= 0.6 is 11.8 Å². The number of nitrogens with one attached hydrogen (secondary N) is 1. The van der Waals surface area contributed by atoms with E-state index < -0.39 is 0 Å². The van der Waals surface area contributed by atoms with E-state index in [4.69, 9.17) is 4.74 Å². The summed E-state index contributed by atoms with van der Waals surface area (Å²) in [5.41, 5.74) is 3.12. The first kappa shape index (κ1) is 14.9. The molecule has 1 aromatic carbocycles. The minimum Gasteiger partial charge on any atom is -0.380 e. The van der Waals surface area contributed by atoms with Gasteiger partial charge in [0.1, 0.15) is 0 Å². The van der Waals surface area contributed by atoms with E-state index in [0.29, 0.717) is 18.1 Å². The molecular formula is C16H25NOS. The third-order valence-corrected chi connectivity index (χ3v) is 5.23. The van der Waals surface area contributed by atoms with Crippen molar-refractivity contribution in [3.8, 4) is 0 Å². The first-order chi connectivity index (χ1) is 9.11. The third-order valence-electron chi connectivity index (χ3n) is 3.61. The van der Waals surface area contributed by atoms with Gasteiger partial charge in [0.15, 0.2) is 0 Å². The second kappa shape index (κ2) is 6.78. The molecule has 1 atom stereocenters. The number of thioether (sulfide) groups is 1. The van der Waals surface area contributed by atoms with Gasteiger partial charge in [-0.25, -0.2) is 0 Å². The van der Waals surface area contributed by atoms with Gasteiger partial charge in [0.25, 0.3) is 0 Å². The average molecular weight is 279 g/mol. The maximum atomic E-state index is 5.26. The molecule has 1 saturated heterocycles. The molecule has 1 N–H and O–H groups in total. The quantitative estimate of drug-likeness (QED) is 0.892. The SMILES string of the molecule is COCc1ccccc1CNC1CSCC(C)(C)C1. The second-order valence-corrected chi connectivity index (χ2v) is 7.19. The molecule has 0 aliphatic carbocycles. The first-order valence-electron chi connectivity index (χ1n) is 6.97. The normalized spacial score (nSPS) is 22.4. The van der Waals surface area contributed by atoms with Crippen LogP contribution in [0.25, 0.3) is 0 Å². The molecule has 1 fully saturated rings. The van der Waals surface area contributed by atoms with Crippen molar-refractivity contribution in [2.24, 2.45) is 5.41 Å². The van der Waals surface area contributed by atoms with Crippen LogP contribution in [-0.4, -0.2) is 24.7 Å². The maximum Gasteiger partial charge on any atom is 0.0716 e. The van der Waals surface area contributed by atoms with Crippen LogP contribution in [0.15, 0.2) is 24.3 Å². The molecule has 2 nitrogen and oxygen atoms in total. The van der Waals surface area contributed by atoms with E-state index in [0.717, 1.165) is 6.54 Å². The zero-order chi connectivity index (χ0) is 13.7. The number of hydrogen-bond acceptors (Lipinski definition) is 3. The molecule has 19 heavy (non-hydrogen) atoms. The molecule has 1 aliphatic heterocycles. The molecule has 1 heterocycles. The molecule has 0 spiro atoms. The summed E-state index contributed by atoms with van der Waals surface area (Å²) in [6.45, 7) is 6.38. The van der Waals surface area contributed by atoms with Gasteiger partial charge < -0.3 is 10.1 Å². The van der Waals surface area contributed by atoms with E-state index in [1.807, 2.05) is 0 Å². The van der Waals surface area contributed by atoms with Crippen LogP contribution < -0.4 is 5.32 Å². The lowest BCUT2D eigenvalue weighted by Gasteiger charge is -2.35. The van der Waals surface area contributed by atoms with E-state index in [1.165, 1.54) is 29.1 Å². The second-order valence-electron chi connectivity index (χ2n) is 6.16. The Hall–Kier alpha value is -0.510. The number of benzene rings is 1. The molecule has 0 amide bonds. The lowest BCUT2D eigenvalue weighted by atomic mass is 9.88. The third kappa shape index (κ3) is 4.51. The van der Waals surface area contributed by atoms with Gasteiger partial charge in [-0.1, -0.05) is 38.1 Å². The fourth-order valence-electron chi connectivity index (χ4n) is 2.67. The van der Waals surface area contributed by atoms with E-state index >= 15 is 0 Å². The highest BCUT2D eigenvalue weighted by atomic mass is 32.2. The van der Waals surface area contributed by atoms with Crippen LogP contribution in [-0.2, 0) is 17.9 Å². The van der Waals surface area contributed by atoms with Crippen LogP contribution in [0, 0.1) is 5.41 Å². The largest absolute Gasteiger partial charge is 0.380 e. The summed E-state index contributed by atoms with van der Waals surface area (Å²) in [6, 6.07) is 9.17. The van der Waals surface area contributed by atoms with Crippen LogP contribution in [0.4, 0.5) is 0 Å². The van der Waals surface area contributed by atoms with Gasteiger partial charge >= 0.3 is 0 Å². The van der Waals surface area contributed by atoms with Crippen molar-refractivity contribution in [3.63, 3.8) is 0 Å². The number of hydrogen-bond donors (Lipinski definition) is 1. The molecular weight excluding hydrogens is 254 g/mol. The Morgan fingerprint density at radius 2 is 2.05 bits per heavy atom. The van der Waals surface area contributed by atoms with Gasteiger partial charge in [-0.05, 0) is 28.7 Å². The Kier molecular flexibility index (Phi) is 5.31. The van der Waals surface area contributed by atoms with Crippen molar-refractivity contribution in [1.29, 1.82) is 0 Å². The zero-order valence-corrected chi connectivity index (χ0v) is 13.1. The zero-order valence-electron chi connectivity index (χ0n) is 12.2. The highest BCUT2D eigenvalue weighted by Gasteiger charge is 2.28. The predicted molar refractivity (Wildman–Crippen MR) is 83.5 cm³/mol. The number of ether oxygens (including phenoxy) is 1. The van der Waals surface area contributed by atoms with Crippen molar-refractivity contribution < 1.29 is 4.74 Å². The Balaban J connectivity index is 1.91. The minimum atomic E-state index is 0.465. The molecule has 2 rings (SSSR count). The van der Waals surface area contributed by atoms with E-state index in [-0.39, 0.29) is 0 Å². The summed E-state index contributed by atoms with van der Waals surface area (Å²) in [5.74, 6) is 2.52. The lowest BCUT2D eigenvalue weighted by molar-refractivity contribution is 0.184. The fraction of sp³-hybridized carbons (Fsp3) is 0.625. The Bertz CT molecular complexity index is 405. The molecule has 0 bridgehead atoms. The maximum absolute atomic E-state index is 5.26. The molecule has 0 saturated carbocycles. The Labute approximate surface area is 121 Å². The van der Waals surface area contributed by atoms with Crippen molar-refractivity contribution in [2.45, 2.75) is 39.5 Å². The van der Waals surface area contributed by atoms with Crippen molar-refractivity contribution >= 4 is 11.8 Å². The van der Waals surface area contributed by atoms with Gasteiger partial charge in [-0.3, -0.25) is 0 Å². The molecule has 0 aromatic heterocycles. The topological polar surface area (TPSA) is 21.3 Å². The standard InChI is InChI=1S/C16H25NOS/c1-16(2)8-15(11-19-12-16)17-9-13-6-4-5-7-14(13)10-18-3/h4-7,15,17H,8-12H2,1-3H3. The van der Waals surface area contributed by atoms with Gasteiger partial charge in [-0.2, -0.15) is 11.8 Å². The van der Waals surface area contributed by atoms with Gasteiger partial charge in [0.05, 0.1) is 6.61 Å². The van der Waals surface area contributed by atoms with Crippen molar-refractivity contribution in [1.82, 2.24) is 5.32 Å². The van der Waals surface area contributed by atoms with Crippen LogP contribution in [0.2, 0.25) is 0 Å². The summed E-state index contributed by atoms with van der Waals surface area (Å²) >= 11 is 2.07. The van der Waals surface area contributed by atoms with Crippen LogP contribution in [0.3, 0.4) is 0 Å². The van der Waals surface area contributed by atoms with Gasteiger partial charge in [0.2, 0.25) is 0 Å². The van der Waals surface area contributed by atoms with Gasteiger partial charge in [0, 0.05) is 25.4 Å². The molecule has 1 aromatic rings. The van der Waals surface area contributed by atoms with Crippen molar-refractivity contribution in [3.05, 3.63) is 35.4 Å². The molecule has 1 unspecified atom stereocenters. The predicted octanol–water partition coefficient (Wildman–Crippen LogP) is 3.45. The van der Waals surface area contributed by atoms with E-state index in [2.05, 4.69) is 55.2 Å². The fourth-order valence-corrected chi connectivity index (χ4v) is 3.98. The number of methoxy groups -OCH3 is 1. The summed E-state index contributed by atoms with van der Waals surface area (Å²) < 4.78 is 5.26. The minimum absolute atomic E-state index is 0.465. The smallest absolute Gasteiger partial charge is 0.0716 e. The van der Waals surface area contributed by atoms with Gasteiger partial charge in [-0.15, -0.1) is 0 Å². The van der Waals surface area contributed by atoms with Crippen LogP contribution in [0.5, 0.6) is 0 Å². The summed E-state index contributed by atoms with van der Waals surface area (Å²) in [5, 5.41) is 3.72. The highest BCUT2D eigenvalue weighted by Crippen LogP contribution is 2.33. The lowest BCUT2D eigenvalue weighted by Crippen LogP contribution is -2.40. The summed E-state index contributed by atoms with van der Waals surface area (Å²) in [6.07, 6.45) is 1.27. The number of rotatable bonds is 5. The molecule has 1 aliphatic rings. The highest BCUT2D eigenvalue weighted by molar-refractivity contribution is 7.99. The molecule has 106 valence electrons. The summed E-state index contributed by atoms with van der Waals surface area (Å²) in [4.78, 5) is 0. The van der Waals surface area contributed by atoms with E-state index in [9.17, 15) is 0 Å². The average Bonchev–Trinajstić information content (AvgIpc) is 2.37. The van der Waals surface area contributed by atoms with E-state index in [1.54, 1.807) is 7.11 Å². The molecule has 0 radical (unpaired) electrons. The monoisotopic (exact) mass is 279 g/mol. The van der Waals surface area contributed by atoms with Crippen molar-refractivity contribution in [2.75, 3.05) is 18.6 Å².